The molecular formula is C22H26N2O3. The predicted molar refractivity (Wildman–Crippen MR) is 105 cm³/mol. The lowest BCUT2D eigenvalue weighted by atomic mass is 10.1. The van der Waals surface area contributed by atoms with Crippen LogP contribution < -0.4 is 10.1 Å². The predicted octanol–water partition coefficient (Wildman–Crippen LogP) is 3.95. The minimum atomic E-state index is -0.0983. The Balaban J connectivity index is 1.35. The van der Waals surface area contributed by atoms with Crippen LogP contribution in [0.3, 0.4) is 0 Å². The first-order chi connectivity index (χ1) is 13.3. The average molecular weight is 366 g/mol. The molecule has 0 spiro atoms. The number of nitrogens with zero attached hydrogens (tertiary/aromatic N) is 1. The third-order valence-corrected chi connectivity index (χ3v) is 5.03. The van der Waals surface area contributed by atoms with Gasteiger partial charge in [-0.05, 0) is 36.5 Å². The molecule has 142 valence electrons. The van der Waals surface area contributed by atoms with E-state index in [1.54, 1.807) is 0 Å². The van der Waals surface area contributed by atoms with E-state index in [-0.39, 0.29) is 12.1 Å². The second kappa shape index (κ2) is 8.44. The highest BCUT2D eigenvalue weighted by molar-refractivity contribution is 5.91. The SMILES string of the molecule is O=C(Nc1ccccc1OCC1CC1)N1CCO[C@H](Cc2ccccc2)C1. The molecule has 27 heavy (non-hydrogen) atoms. The number of morpholine rings is 1. The van der Waals surface area contributed by atoms with E-state index in [2.05, 4.69) is 17.4 Å². The van der Waals surface area contributed by atoms with Crippen LogP contribution in [0.4, 0.5) is 10.5 Å². The molecule has 1 N–H and O–H groups in total. The molecule has 2 aromatic carbocycles. The van der Waals surface area contributed by atoms with Crippen molar-refractivity contribution in [3.05, 3.63) is 60.2 Å². The van der Waals surface area contributed by atoms with Gasteiger partial charge in [0, 0.05) is 19.5 Å². The van der Waals surface area contributed by atoms with E-state index in [0.29, 0.717) is 25.6 Å². The zero-order valence-corrected chi connectivity index (χ0v) is 15.5. The minimum absolute atomic E-state index is 0.0215. The maximum atomic E-state index is 12.8. The van der Waals surface area contributed by atoms with Crippen molar-refractivity contribution in [2.24, 2.45) is 5.92 Å². The zero-order valence-electron chi connectivity index (χ0n) is 15.5. The number of benzene rings is 2. The van der Waals surface area contributed by atoms with E-state index < -0.39 is 0 Å². The molecule has 2 amide bonds. The van der Waals surface area contributed by atoms with Crippen LogP contribution in [0.1, 0.15) is 18.4 Å². The van der Waals surface area contributed by atoms with Gasteiger partial charge in [0.15, 0.2) is 0 Å². The van der Waals surface area contributed by atoms with Crippen LogP contribution in [-0.2, 0) is 11.2 Å². The van der Waals surface area contributed by atoms with Crippen LogP contribution in [0.5, 0.6) is 5.75 Å². The van der Waals surface area contributed by atoms with Crippen molar-refractivity contribution in [1.82, 2.24) is 4.90 Å². The van der Waals surface area contributed by atoms with Crippen molar-refractivity contribution in [2.75, 3.05) is 31.6 Å². The standard InChI is InChI=1S/C22H26N2O3/c25-22(23-20-8-4-5-9-21(20)27-16-18-10-11-18)24-12-13-26-19(15-24)14-17-6-2-1-3-7-17/h1-9,18-19H,10-16H2,(H,23,25)/t19-/m1/s1. The molecule has 2 fully saturated rings. The van der Waals surface area contributed by atoms with E-state index in [4.69, 9.17) is 9.47 Å². The Morgan fingerprint density at radius 2 is 1.89 bits per heavy atom. The molecule has 0 bridgehead atoms. The third-order valence-electron chi connectivity index (χ3n) is 5.03. The molecule has 0 aromatic heterocycles. The van der Waals surface area contributed by atoms with E-state index in [0.717, 1.165) is 24.5 Å². The quantitative estimate of drug-likeness (QED) is 0.842. The number of anilines is 1. The fourth-order valence-corrected chi connectivity index (χ4v) is 3.29. The molecule has 5 nitrogen and oxygen atoms in total. The van der Waals surface area contributed by atoms with Gasteiger partial charge in [0.2, 0.25) is 0 Å². The summed E-state index contributed by atoms with van der Waals surface area (Å²) in [6, 6.07) is 17.8. The Hall–Kier alpha value is -2.53. The molecule has 1 aliphatic heterocycles. The number of urea groups is 1. The summed E-state index contributed by atoms with van der Waals surface area (Å²) in [7, 11) is 0. The first-order valence-corrected chi connectivity index (χ1v) is 9.71. The number of hydrogen-bond acceptors (Lipinski definition) is 3. The summed E-state index contributed by atoms with van der Waals surface area (Å²) >= 11 is 0. The van der Waals surface area contributed by atoms with Crippen molar-refractivity contribution >= 4 is 11.7 Å². The fourth-order valence-electron chi connectivity index (χ4n) is 3.29. The van der Waals surface area contributed by atoms with E-state index >= 15 is 0 Å². The third kappa shape index (κ3) is 5.01. The normalized spacial score (nSPS) is 19.6. The molecule has 5 heteroatoms. The summed E-state index contributed by atoms with van der Waals surface area (Å²) in [6.45, 7) is 2.47. The molecule has 1 heterocycles. The number of ether oxygens (including phenoxy) is 2. The van der Waals surface area contributed by atoms with Gasteiger partial charge in [0.1, 0.15) is 5.75 Å². The van der Waals surface area contributed by atoms with Crippen LogP contribution in [0, 0.1) is 5.92 Å². The molecule has 2 aromatic rings. The second-order valence-corrected chi connectivity index (χ2v) is 7.31. The number of para-hydroxylation sites is 2. The minimum Gasteiger partial charge on any atom is -0.491 e. The Bertz CT molecular complexity index is 761. The molecule has 1 atom stereocenters. The first kappa shape index (κ1) is 17.9. The number of amides is 2. The molecule has 1 saturated heterocycles. The summed E-state index contributed by atoms with van der Waals surface area (Å²) in [4.78, 5) is 14.6. The zero-order chi connectivity index (χ0) is 18.5. The Labute approximate surface area is 160 Å². The summed E-state index contributed by atoms with van der Waals surface area (Å²) in [6.07, 6.45) is 3.32. The van der Waals surface area contributed by atoms with Crippen molar-refractivity contribution in [1.29, 1.82) is 0 Å². The van der Waals surface area contributed by atoms with Gasteiger partial charge in [-0.25, -0.2) is 4.79 Å². The number of hydrogen-bond donors (Lipinski definition) is 1. The number of carbonyl (C=O) groups is 1. The van der Waals surface area contributed by atoms with Crippen LogP contribution in [0.25, 0.3) is 0 Å². The smallest absolute Gasteiger partial charge is 0.322 e. The lowest BCUT2D eigenvalue weighted by Crippen LogP contribution is -2.48. The highest BCUT2D eigenvalue weighted by atomic mass is 16.5. The lowest BCUT2D eigenvalue weighted by Gasteiger charge is -2.33. The summed E-state index contributed by atoms with van der Waals surface area (Å²) in [5, 5.41) is 3.02. The van der Waals surface area contributed by atoms with Crippen molar-refractivity contribution in [3.63, 3.8) is 0 Å². The summed E-state index contributed by atoms with van der Waals surface area (Å²) in [5.74, 6) is 1.42. The van der Waals surface area contributed by atoms with Crippen LogP contribution in [-0.4, -0.2) is 43.3 Å². The Morgan fingerprint density at radius 3 is 2.70 bits per heavy atom. The highest BCUT2D eigenvalue weighted by Gasteiger charge is 2.26. The van der Waals surface area contributed by atoms with Gasteiger partial charge in [-0.15, -0.1) is 0 Å². The van der Waals surface area contributed by atoms with Gasteiger partial charge in [-0.2, -0.15) is 0 Å². The molecule has 1 saturated carbocycles. The van der Waals surface area contributed by atoms with Gasteiger partial charge >= 0.3 is 6.03 Å². The average Bonchev–Trinajstić information content (AvgIpc) is 3.53. The van der Waals surface area contributed by atoms with Crippen molar-refractivity contribution in [3.8, 4) is 5.75 Å². The topological polar surface area (TPSA) is 50.8 Å². The molecule has 2 aliphatic rings. The number of nitrogens with one attached hydrogen (secondary N) is 1. The summed E-state index contributed by atoms with van der Waals surface area (Å²) in [5.41, 5.74) is 1.96. The van der Waals surface area contributed by atoms with Gasteiger partial charge in [0.05, 0.1) is 25.0 Å². The van der Waals surface area contributed by atoms with Gasteiger partial charge in [0.25, 0.3) is 0 Å². The Kier molecular flexibility index (Phi) is 5.58. The largest absolute Gasteiger partial charge is 0.491 e. The molecule has 0 unspecified atom stereocenters. The fraction of sp³-hybridized carbons (Fsp3) is 0.409. The monoisotopic (exact) mass is 366 g/mol. The summed E-state index contributed by atoms with van der Waals surface area (Å²) < 4.78 is 11.8. The van der Waals surface area contributed by atoms with E-state index in [9.17, 15) is 4.79 Å². The first-order valence-electron chi connectivity index (χ1n) is 9.71. The molecule has 0 radical (unpaired) electrons. The van der Waals surface area contributed by atoms with Crippen LogP contribution in [0.15, 0.2) is 54.6 Å². The van der Waals surface area contributed by atoms with Gasteiger partial charge in [-0.3, -0.25) is 0 Å². The maximum absolute atomic E-state index is 12.8. The van der Waals surface area contributed by atoms with Crippen LogP contribution >= 0.6 is 0 Å². The lowest BCUT2D eigenvalue weighted by molar-refractivity contribution is -0.0113. The maximum Gasteiger partial charge on any atom is 0.322 e. The molecule has 1 aliphatic carbocycles. The molecular weight excluding hydrogens is 340 g/mol. The van der Waals surface area contributed by atoms with E-state index in [1.165, 1.54) is 18.4 Å². The highest BCUT2D eigenvalue weighted by Crippen LogP contribution is 2.31. The second-order valence-electron chi connectivity index (χ2n) is 7.31. The molecule has 4 rings (SSSR count). The van der Waals surface area contributed by atoms with Crippen LogP contribution in [0.2, 0.25) is 0 Å². The van der Waals surface area contributed by atoms with Crippen molar-refractivity contribution < 1.29 is 14.3 Å². The number of carbonyl (C=O) groups excluding carboxylic acids is 1. The van der Waals surface area contributed by atoms with E-state index in [1.807, 2.05) is 47.4 Å². The van der Waals surface area contributed by atoms with Gasteiger partial charge < -0.3 is 19.7 Å². The Morgan fingerprint density at radius 1 is 1.11 bits per heavy atom. The number of rotatable bonds is 6. The van der Waals surface area contributed by atoms with Crippen molar-refractivity contribution in [2.45, 2.75) is 25.4 Å². The van der Waals surface area contributed by atoms with Gasteiger partial charge in [-0.1, -0.05) is 42.5 Å².